The van der Waals surface area contributed by atoms with E-state index in [0.29, 0.717) is 37.1 Å². The molecule has 0 atom stereocenters. The van der Waals surface area contributed by atoms with E-state index < -0.39 is 0 Å². The minimum absolute atomic E-state index is 0.237. The Morgan fingerprint density at radius 2 is 1.79 bits per heavy atom. The molecule has 6 heteroatoms. The molecule has 1 N–H and O–H groups in total. The van der Waals surface area contributed by atoms with Crippen LogP contribution in [0.5, 0.6) is 23.1 Å². The molecule has 0 aliphatic rings. The quantitative estimate of drug-likeness (QED) is 0.517. The fraction of sp³-hybridized carbons (Fsp3) is 0.261. The van der Waals surface area contributed by atoms with Gasteiger partial charge in [-0.2, -0.15) is 0 Å². The molecule has 0 saturated carbocycles. The van der Waals surface area contributed by atoms with Gasteiger partial charge in [0.05, 0.1) is 13.7 Å². The number of rotatable bonds is 10. The van der Waals surface area contributed by atoms with Gasteiger partial charge in [-0.15, -0.1) is 0 Å². The number of nitrogens with zero attached hydrogens (tertiary/aromatic N) is 1. The minimum atomic E-state index is -0.374. The smallest absolute Gasteiger partial charge is 0.223 e. The summed E-state index contributed by atoms with van der Waals surface area (Å²) in [5.74, 6) is 1.68. The van der Waals surface area contributed by atoms with Crippen LogP contribution in [-0.4, -0.2) is 18.7 Å². The summed E-state index contributed by atoms with van der Waals surface area (Å²) in [4.78, 5) is 4.36. The summed E-state index contributed by atoms with van der Waals surface area (Å²) in [5, 5.41) is 3.30. The monoisotopic (exact) mass is 396 g/mol. The normalized spacial score (nSPS) is 10.6. The molecule has 0 fully saturated rings. The Hall–Kier alpha value is -3.12. The Labute approximate surface area is 170 Å². The molecule has 152 valence electrons. The third kappa shape index (κ3) is 5.68. The van der Waals surface area contributed by atoms with Crippen molar-refractivity contribution in [3.05, 3.63) is 77.7 Å². The van der Waals surface area contributed by atoms with Crippen molar-refractivity contribution in [1.82, 2.24) is 10.3 Å². The Bertz CT molecular complexity index is 934. The Morgan fingerprint density at radius 1 is 0.966 bits per heavy atom. The van der Waals surface area contributed by atoms with Crippen LogP contribution in [0.25, 0.3) is 0 Å². The van der Waals surface area contributed by atoms with E-state index in [2.05, 4.69) is 17.2 Å². The van der Waals surface area contributed by atoms with E-state index in [9.17, 15) is 4.39 Å². The summed E-state index contributed by atoms with van der Waals surface area (Å²) >= 11 is 0. The third-order valence-corrected chi connectivity index (χ3v) is 4.23. The van der Waals surface area contributed by atoms with Crippen molar-refractivity contribution >= 4 is 0 Å². The van der Waals surface area contributed by atoms with Crippen LogP contribution in [-0.2, 0) is 13.1 Å². The van der Waals surface area contributed by atoms with E-state index in [1.165, 1.54) is 13.2 Å². The zero-order valence-electron chi connectivity index (χ0n) is 16.7. The topological polar surface area (TPSA) is 52.6 Å². The van der Waals surface area contributed by atoms with Gasteiger partial charge in [-0.1, -0.05) is 31.2 Å². The average Bonchev–Trinajstić information content (AvgIpc) is 2.74. The molecule has 2 aromatic carbocycles. The third-order valence-electron chi connectivity index (χ3n) is 4.23. The van der Waals surface area contributed by atoms with Gasteiger partial charge in [0.2, 0.25) is 5.88 Å². The van der Waals surface area contributed by atoms with Crippen LogP contribution in [0.15, 0.2) is 60.8 Å². The fourth-order valence-electron chi connectivity index (χ4n) is 2.78. The second-order valence-corrected chi connectivity index (χ2v) is 6.44. The van der Waals surface area contributed by atoms with Crippen LogP contribution in [0.3, 0.4) is 0 Å². The van der Waals surface area contributed by atoms with Crippen LogP contribution in [0.4, 0.5) is 4.39 Å². The van der Waals surface area contributed by atoms with E-state index >= 15 is 0 Å². The number of benzene rings is 2. The number of ether oxygens (including phenoxy) is 3. The molecule has 3 aromatic rings. The van der Waals surface area contributed by atoms with Gasteiger partial charge in [-0.05, 0) is 42.3 Å². The lowest BCUT2D eigenvalue weighted by molar-refractivity contribution is 0.300. The van der Waals surface area contributed by atoms with Crippen molar-refractivity contribution in [2.75, 3.05) is 13.7 Å². The number of methoxy groups -OCH3 is 1. The Balaban J connectivity index is 1.66. The number of hydrogen-bond donors (Lipinski definition) is 1. The Kier molecular flexibility index (Phi) is 7.41. The molecule has 0 aliphatic heterocycles. The molecule has 3 rings (SSSR count). The first-order valence-corrected chi connectivity index (χ1v) is 9.58. The zero-order chi connectivity index (χ0) is 20.5. The van der Waals surface area contributed by atoms with E-state index in [1.54, 1.807) is 12.3 Å². The molecular formula is C23H25FN2O3. The van der Waals surface area contributed by atoms with Gasteiger partial charge in [0.25, 0.3) is 0 Å². The second-order valence-electron chi connectivity index (χ2n) is 6.44. The predicted octanol–water partition coefficient (Wildman–Crippen LogP) is 5.10. The maximum Gasteiger partial charge on any atom is 0.223 e. The minimum Gasteiger partial charge on any atom is -0.494 e. The highest BCUT2D eigenvalue weighted by atomic mass is 19.1. The summed E-state index contributed by atoms with van der Waals surface area (Å²) in [6.45, 7) is 3.70. The van der Waals surface area contributed by atoms with Gasteiger partial charge in [-0.25, -0.2) is 9.37 Å². The summed E-state index contributed by atoms with van der Waals surface area (Å²) in [6, 6.07) is 16.3. The number of pyridine rings is 1. The van der Waals surface area contributed by atoms with Crippen LogP contribution in [0.1, 0.15) is 24.5 Å². The standard InChI is InChI=1S/C23H25FN2O3/c1-3-13-28-21-8-4-5-9-22(21)29-23-18(7-6-12-26-23)16-25-15-17-10-11-20(27-2)19(24)14-17/h4-12,14,25H,3,13,15-16H2,1-2H3. The van der Waals surface area contributed by atoms with Crippen LogP contribution < -0.4 is 19.5 Å². The van der Waals surface area contributed by atoms with Crippen LogP contribution in [0.2, 0.25) is 0 Å². The lowest BCUT2D eigenvalue weighted by Crippen LogP contribution is -2.14. The number of para-hydroxylation sites is 2. The molecule has 29 heavy (non-hydrogen) atoms. The molecule has 5 nitrogen and oxygen atoms in total. The van der Waals surface area contributed by atoms with Gasteiger partial charge < -0.3 is 19.5 Å². The molecule has 0 aliphatic carbocycles. The number of hydrogen-bond acceptors (Lipinski definition) is 5. The summed E-state index contributed by atoms with van der Waals surface area (Å²) in [5.41, 5.74) is 1.72. The van der Waals surface area contributed by atoms with Crippen molar-refractivity contribution < 1.29 is 18.6 Å². The maximum atomic E-state index is 13.8. The summed E-state index contributed by atoms with van der Waals surface area (Å²) in [6.07, 6.45) is 2.60. The number of halogens is 1. The van der Waals surface area contributed by atoms with Gasteiger partial charge in [-0.3, -0.25) is 0 Å². The predicted molar refractivity (Wildman–Crippen MR) is 110 cm³/mol. The molecule has 0 spiro atoms. The van der Waals surface area contributed by atoms with E-state index in [-0.39, 0.29) is 11.6 Å². The van der Waals surface area contributed by atoms with Gasteiger partial charge in [0.15, 0.2) is 23.1 Å². The first-order valence-electron chi connectivity index (χ1n) is 9.58. The van der Waals surface area contributed by atoms with Crippen molar-refractivity contribution in [2.45, 2.75) is 26.4 Å². The fourth-order valence-corrected chi connectivity index (χ4v) is 2.78. The second kappa shape index (κ2) is 10.4. The molecule has 0 unspecified atom stereocenters. The van der Waals surface area contributed by atoms with Crippen molar-refractivity contribution in [1.29, 1.82) is 0 Å². The first kappa shape index (κ1) is 20.6. The SMILES string of the molecule is CCCOc1ccccc1Oc1ncccc1CNCc1ccc(OC)c(F)c1. The van der Waals surface area contributed by atoms with Crippen LogP contribution in [0, 0.1) is 5.82 Å². The molecular weight excluding hydrogens is 371 g/mol. The molecule has 0 radical (unpaired) electrons. The molecule has 0 saturated heterocycles. The van der Waals surface area contributed by atoms with Crippen molar-refractivity contribution in [2.24, 2.45) is 0 Å². The van der Waals surface area contributed by atoms with E-state index in [0.717, 1.165) is 17.5 Å². The highest BCUT2D eigenvalue weighted by molar-refractivity contribution is 5.43. The van der Waals surface area contributed by atoms with E-state index in [1.807, 2.05) is 42.5 Å². The summed E-state index contributed by atoms with van der Waals surface area (Å²) < 4.78 is 30.6. The molecule has 1 aromatic heterocycles. The average molecular weight is 396 g/mol. The number of aromatic nitrogens is 1. The van der Waals surface area contributed by atoms with Gasteiger partial charge in [0, 0.05) is 24.8 Å². The molecule has 1 heterocycles. The Morgan fingerprint density at radius 3 is 2.55 bits per heavy atom. The van der Waals surface area contributed by atoms with Crippen molar-refractivity contribution in [3.8, 4) is 23.1 Å². The zero-order valence-corrected chi connectivity index (χ0v) is 16.7. The maximum absolute atomic E-state index is 13.8. The van der Waals surface area contributed by atoms with Gasteiger partial charge >= 0.3 is 0 Å². The van der Waals surface area contributed by atoms with Gasteiger partial charge in [0.1, 0.15) is 0 Å². The highest BCUT2D eigenvalue weighted by Crippen LogP contribution is 2.32. The largest absolute Gasteiger partial charge is 0.494 e. The number of nitrogens with one attached hydrogen (secondary N) is 1. The summed E-state index contributed by atoms with van der Waals surface area (Å²) in [7, 11) is 1.45. The van der Waals surface area contributed by atoms with Crippen LogP contribution >= 0.6 is 0 Å². The lowest BCUT2D eigenvalue weighted by Gasteiger charge is -2.14. The highest BCUT2D eigenvalue weighted by Gasteiger charge is 2.10. The molecule has 0 bridgehead atoms. The lowest BCUT2D eigenvalue weighted by atomic mass is 10.2. The molecule has 0 amide bonds. The first-order chi connectivity index (χ1) is 14.2. The van der Waals surface area contributed by atoms with Crippen molar-refractivity contribution in [3.63, 3.8) is 0 Å². The van der Waals surface area contributed by atoms with E-state index in [4.69, 9.17) is 14.2 Å².